The van der Waals surface area contributed by atoms with Gasteiger partial charge >= 0.3 is 0 Å². The van der Waals surface area contributed by atoms with Gasteiger partial charge in [0.15, 0.2) is 16.8 Å². The molecule has 1 fully saturated rings. The van der Waals surface area contributed by atoms with Gasteiger partial charge in [-0.15, -0.1) is 10.2 Å². The molecule has 0 amide bonds. The third kappa shape index (κ3) is 4.97. The Morgan fingerprint density at radius 2 is 2.06 bits per heavy atom. The molecule has 2 heterocycles. The lowest BCUT2D eigenvalue weighted by atomic mass is 10.1. The minimum Gasteiger partial charge on any atom is -0.376 e. The summed E-state index contributed by atoms with van der Waals surface area (Å²) in [6.07, 6.45) is 1.91. The van der Waals surface area contributed by atoms with E-state index in [9.17, 15) is 19.3 Å². The van der Waals surface area contributed by atoms with Gasteiger partial charge in [0.25, 0.3) is 5.69 Å². The van der Waals surface area contributed by atoms with Gasteiger partial charge in [-0.25, -0.2) is 4.39 Å². The van der Waals surface area contributed by atoms with E-state index in [0.29, 0.717) is 29.7 Å². The maximum atomic E-state index is 13.3. The zero-order valence-electron chi connectivity index (χ0n) is 16.4. The van der Waals surface area contributed by atoms with Gasteiger partial charge in [0.1, 0.15) is 5.82 Å². The van der Waals surface area contributed by atoms with Crippen LogP contribution in [-0.2, 0) is 11.3 Å². The molecule has 3 aromatic rings. The van der Waals surface area contributed by atoms with Crippen molar-refractivity contribution in [2.24, 2.45) is 0 Å². The van der Waals surface area contributed by atoms with Gasteiger partial charge in [-0.05, 0) is 37.1 Å². The normalized spacial score (nSPS) is 15.8. The number of hydrogen-bond acceptors (Lipinski definition) is 7. The van der Waals surface area contributed by atoms with Crippen molar-refractivity contribution in [3.63, 3.8) is 0 Å². The van der Waals surface area contributed by atoms with Crippen LogP contribution < -0.4 is 0 Å². The molecule has 1 aliphatic heterocycles. The summed E-state index contributed by atoms with van der Waals surface area (Å²) in [5, 5.41) is 20.0. The minimum atomic E-state index is -0.531. The summed E-state index contributed by atoms with van der Waals surface area (Å²) in [6, 6.07) is 11.6. The van der Waals surface area contributed by atoms with E-state index in [1.54, 1.807) is 18.2 Å². The number of halogens is 1. The summed E-state index contributed by atoms with van der Waals surface area (Å²) in [7, 11) is 0. The molecule has 2 aromatic carbocycles. The number of hydrogen-bond donors (Lipinski definition) is 0. The lowest BCUT2D eigenvalue weighted by Crippen LogP contribution is -2.17. The van der Waals surface area contributed by atoms with E-state index in [4.69, 9.17) is 4.74 Å². The molecule has 0 aliphatic carbocycles. The predicted octanol–water partition coefficient (Wildman–Crippen LogP) is 4.15. The summed E-state index contributed by atoms with van der Waals surface area (Å²) >= 11 is 1.21. The fourth-order valence-corrected chi connectivity index (χ4v) is 4.21. The molecule has 4 rings (SSSR count). The van der Waals surface area contributed by atoms with Crippen LogP contribution in [0.5, 0.6) is 0 Å². The highest BCUT2D eigenvalue weighted by Gasteiger charge is 2.22. The highest BCUT2D eigenvalue weighted by Crippen LogP contribution is 2.27. The lowest BCUT2D eigenvalue weighted by Gasteiger charge is -2.14. The number of thioether (sulfide) groups is 1. The van der Waals surface area contributed by atoms with Crippen molar-refractivity contribution in [2.75, 3.05) is 12.4 Å². The molecule has 31 heavy (non-hydrogen) atoms. The van der Waals surface area contributed by atoms with Gasteiger partial charge < -0.3 is 4.74 Å². The van der Waals surface area contributed by atoms with E-state index in [-0.39, 0.29) is 34.7 Å². The standard InChI is InChI=1S/C21H19FN4O4S/c22-16-8-6-14(7-9-16)20-23-24-21(25(20)12-18-5-2-10-30-18)31-13-19(27)15-3-1-4-17(11-15)26(28)29/h1,3-4,6-9,11,18H,2,5,10,12-13H2. The molecule has 1 aliphatic rings. The molecule has 1 aromatic heterocycles. The second kappa shape index (κ2) is 9.36. The largest absolute Gasteiger partial charge is 0.376 e. The number of Topliss-reactive ketones (excluding diaryl/α,β-unsaturated/α-hetero) is 1. The second-order valence-electron chi connectivity index (χ2n) is 7.08. The maximum absolute atomic E-state index is 13.3. The fourth-order valence-electron chi connectivity index (χ4n) is 3.37. The highest BCUT2D eigenvalue weighted by atomic mass is 32.2. The van der Waals surface area contributed by atoms with Crippen molar-refractivity contribution in [3.8, 4) is 11.4 Å². The fraction of sp³-hybridized carbons (Fsp3) is 0.286. The number of aromatic nitrogens is 3. The Hall–Kier alpha value is -3.11. The third-order valence-corrected chi connectivity index (χ3v) is 5.91. The van der Waals surface area contributed by atoms with Gasteiger partial charge in [0.05, 0.1) is 23.3 Å². The first-order valence-corrected chi connectivity index (χ1v) is 10.7. The van der Waals surface area contributed by atoms with E-state index in [2.05, 4.69) is 10.2 Å². The average molecular weight is 442 g/mol. The molecule has 0 radical (unpaired) electrons. The molecule has 0 bridgehead atoms. The number of carbonyl (C=O) groups excluding carboxylic acids is 1. The summed E-state index contributed by atoms with van der Waals surface area (Å²) in [5.74, 6) is 0.0319. The van der Waals surface area contributed by atoms with Crippen LogP contribution in [0.2, 0.25) is 0 Å². The summed E-state index contributed by atoms with van der Waals surface area (Å²) in [4.78, 5) is 23.0. The van der Waals surface area contributed by atoms with Crippen LogP contribution in [0, 0.1) is 15.9 Å². The Balaban J connectivity index is 1.55. The number of nitro groups is 1. The highest BCUT2D eigenvalue weighted by molar-refractivity contribution is 7.99. The number of ether oxygens (including phenoxy) is 1. The van der Waals surface area contributed by atoms with Crippen molar-refractivity contribution in [1.29, 1.82) is 0 Å². The number of benzene rings is 2. The second-order valence-corrected chi connectivity index (χ2v) is 8.02. The Bertz CT molecular complexity index is 1100. The van der Waals surface area contributed by atoms with Crippen LogP contribution in [0.1, 0.15) is 23.2 Å². The zero-order chi connectivity index (χ0) is 21.8. The van der Waals surface area contributed by atoms with E-state index in [0.717, 1.165) is 12.8 Å². The first-order valence-electron chi connectivity index (χ1n) is 9.72. The van der Waals surface area contributed by atoms with E-state index in [1.165, 1.54) is 42.1 Å². The number of rotatable bonds is 8. The maximum Gasteiger partial charge on any atom is 0.270 e. The topological polar surface area (TPSA) is 100 Å². The van der Waals surface area contributed by atoms with Crippen molar-refractivity contribution in [3.05, 3.63) is 70.0 Å². The van der Waals surface area contributed by atoms with E-state index >= 15 is 0 Å². The molecule has 160 valence electrons. The van der Waals surface area contributed by atoms with E-state index < -0.39 is 4.92 Å². The molecular formula is C21H19FN4O4S. The monoisotopic (exact) mass is 442 g/mol. The SMILES string of the molecule is O=C(CSc1nnc(-c2ccc(F)cc2)n1CC1CCCO1)c1cccc([N+](=O)[O-])c1. The van der Waals surface area contributed by atoms with Crippen LogP contribution in [0.15, 0.2) is 53.7 Å². The predicted molar refractivity (Wildman–Crippen MR) is 113 cm³/mol. The number of carbonyl (C=O) groups is 1. The zero-order valence-corrected chi connectivity index (χ0v) is 17.3. The number of non-ortho nitro benzene ring substituents is 1. The van der Waals surface area contributed by atoms with Crippen molar-refractivity contribution < 1.29 is 18.8 Å². The summed E-state index contributed by atoms with van der Waals surface area (Å²) in [5.41, 5.74) is 0.852. The molecule has 0 N–H and O–H groups in total. The molecule has 10 heteroatoms. The smallest absolute Gasteiger partial charge is 0.270 e. The Kier molecular flexibility index (Phi) is 6.38. The molecular weight excluding hydrogens is 423 g/mol. The Morgan fingerprint density at radius 3 is 2.77 bits per heavy atom. The first-order chi connectivity index (χ1) is 15.0. The first kappa shape index (κ1) is 21.1. The Labute approximate surface area is 181 Å². The quantitative estimate of drug-likeness (QED) is 0.224. The van der Waals surface area contributed by atoms with Crippen LogP contribution >= 0.6 is 11.8 Å². The molecule has 1 saturated heterocycles. The van der Waals surface area contributed by atoms with Crippen molar-refractivity contribution >= 4 is 23.2 Å². The van der Waals surface area contributed by atoms with Crippen molar-refractivity contribution in [2.45, 2.75) is 30.6 Å². The van der Waals surface area contributed by atoms with Crippen LogP contribution in [0.3, 0.4) is 0 Å². The number of nitrogens with zero attached hydrogens (tertiary/aromatic N) is 4. The molecule has 1 unspecified atom stereocenters. The van der Waals surface area contributed by atoms with Gasteiger partial charge in [-0.3, -0.25) is 19.5 Å². The molecule has 0 saturated carbocycles. The van der Waals surface area contributed by atoms with Gasteiger partial charge in [0, 0.05) is 29.9 Å². The molecule has 1 atom stereocenters. The van der Waals surface area contributed by atoms with Gasteiger partial charge in [0.2, 0.25) is 0 Å². The average Bonchev–Trinajstić information content (AvgIpc) is 3.43. The molecule has 0 spiro atoms. The Morgan fingerprint density at radius 1 is 1.26 bits per heavy atom. The number of ketones is 1. The lowest BCUT2D eigenvalue weighted by molar-refractivity contribution is -0.384. The van der Waals surface area contributed by atoms with Crippen LogP contribution in [0.4, 0.5) is 10.1 Å². The molecule has 8 nitrogen and oxygen atoms in total. The summed E-state index contributed by atoms with van der Waals surface area (Å²) in [6.45, 7) is 1.22. The van der Waals surface area contributed by atoms with Crippen LogP contribution in [-0.4, -0.2) is 43.9 Å². The number of nitro benzene ring substituents is 1. The van der Waals surface area contributed by atoms with Crippen LogP contribution in [0.25, 0.3) is 11.4 Å². The summed E-state index contributed by atoms with van der Waals surface area (Å²) < 4.78 is 21.0. The minimum absolute atomic E-state index is 0.0158. The third-order valence-electron chi connectivity index (χ3n) is 4.94. The van der Waals surface area contributed by atoms with Gasteiger partial charge in [-0.2, -0.15) is 0 Å². The van der Waals surface area contributed by atoms with Crippen molar-refractivity contribution in [1.82, 2.24) is 14.8 Å². The van der Waals surface area contributed by atoms with Gasteiger partial charge in [-0.1, -0.05) is 23.9 Å². The van der Waals surface area contributed by atoms with E-state index in [1.807, 2.05) is 4.57 Å².